The van der Waals surface area contributed by atoms with Crippen molar-refractivity contribution in [3.63, 3.8) is 0 Å². The Labute approximate surface area is 213 Å². The molecule has 1 aliphatic heterocycles. The lowest BCUT2D eigenvalue weighted by molar-refractivity contribution is -0.135. The molecular formula is C31H33NO4. The van der Waals surface area contributed by atoms with Crippen LogP contribution in [0.4, 0.5) is 0 Å². The van der Waals surface area contributed by atoms with E-state index in [2.05, 4.69) is 68.4 Å². The van der Waals surface area contributed by atoms with Gasteiger partial charge >= 0.3 is 0 Å². The number of hydrogen-bond donors (Lipinski definition) is 0. The van der Waals surface area contributed by atoms with Gasteiger partial charge in [-0.1, -0.05) is 54.6 Å². The summed E-state index contributed by atoms with van der Waals surface area (Å²) in [5.41, 5.74) is 4.95. The highest BCUT2D eigenvalue weighted by Gasteiger charge is 2.72. The zero-order chi connectivity index (χ0) is 25.4. The van der Waals surface area contributed by atoms with Gasteiger partial charge in [0.15, 0.2) is 11.5 Å². The molecule has 0 spiro atoms. The molecule has 36 heavy (non-hydrogen) atoms. The summed E-state index contributed by atoms with van der Waals surface area (Å²) in [7, 11) is 7.01. The fourth-order valence-electron chi connectivity index (χ4n) is 7.87. The fourth-order valence-corrected chi connectivity index (χ4v) is 7.87. The second kappa shape index (κ2) is 7.84. The average Bonchev–Trinajstić information content (AvgIpc) is 3.14. The molecule has 1 amide bonds. The van der Waals surface area contributed by atoms with Crippen LogP contribution in [0.1, 0.15) is 47.6 Å². The van der Waals surface area contributed by atoms with Gasteiger partial charge in [0.1, 0.15) is 0 Å². The Hall–Kier alpha value is -3.31. The van der Waals surface area contributed by atoms with Gasteiger partial charge in [-0.2, -0.15) is 0 Å². The van der Waals surface area contributed by atoms with Crippen LogP contribution in [0.15, 0.2) is 66.7 Å². The van der Waals surface area contributed by atoms with E-state index in [-0.39, 0.29) is 29.8 Å². The van der Waals surface area contributed by atoms with Crippen molar-refractivity contribution in [1.29, 1.82) is 0 Å². The van der Waals surface area contributed by atoms with Crippen LogP contribution < -0.4 is 9.47 Å². The molecule has 4 aliphatic rings. The van der Waals surface area contributed by atoms with Gasteiger partial charge in [-0.15, -0.1) is 0 Å². The van der Waals surface area contributed by atoms with Gasteiger partial charge in [0, 0.05) is 26.0 Å². The molecule has 0 radical (unpaired) electrons. The molecule has 186 valence electrons. The van der Waals surface area contributed by atoms with Crippen molar-refractivity contribution in [3.8, 4) is 11.5 Å². The third-order valence-corrected chi connectivity index (χ3v) is 9.60. The highest BCUT2D eigenvalue weighted by Crippen LogP contribution is 2.70. The molecule has 0 aromatic heterocycles. The van der Waals surface area contributed by atoms with E-state index < -0.39 is 11.0 Å². The zero-order valence-corrected chi connectivity index (χ0v) is 21.7. The lowest BCUT2D eigenvalue weighted by atomic mass is 9.43. The van der Waals surface area contributed by atoms with Gasteiger partial charge in [0.25, 0.3) is 0 Å². The van der Waals surface area contributed by atoms with E-state index in [0.717, 1.165) is 5.56 Å². The molecule has 2 bridgehead atoms. The Balaban J connectivity index is 1.69. The summed E-state index contributed by atoms with van der Waals surface area (Å²) in [6.07, 6.45) is -0.196. The fraction of sp³-hybridized carbons (Fsp3) is 0.387. The molecule has 5 nitrogen and oxygen atoms in total. The van der Waals surface area contributed by atoms with Gasteiger partial charge in [0.05, 0.1) is 37.2 Å². The Bertz CT molecular complexity index is 1320. The second-order valence-electron chi connectivity index (χ2n) is 10.5. The smallest absolute Gasteiger partial charge is 0.227 e. The minimum absolute atomic E-state index is 0.00972. The lowest BCUT2D eigenvalue weighted by Crippen LogP contribution is -2.60. The van der Waals surface area contributed by atoms with Crippen molar-refractivity contribution in [3.05, 3.63) is 94.5 Å². The monoisotopic (exact) mass is 483 g/mol. The molecule has 1 unspecified atom stereocenters. The minimum atomic E-state index is -0.582. The van der Waals surface area contributed by atoms with Crippen LogP contribution in [0.3, 0.4) is 0 Å². The highest BCUT2D eigenvalue weighted by molar-refractivity contribution is 5.89. The van der Waals surface area contributed by atoms with E-state index in [4.69, 9.17) is 14.2 Å². The van der Waals surface area contributed by atoms with Crippen molar-refractivity contribution < 1.29 is 19.0 Å². The van der Waals surface area contributed by atoms with Crippen molar-refractivity contribution in [2.24, 2.45) is 11.8 Å². The highest BCUT2D eigenvalue weighted by atomic mass is 16.5. The first-order chi connectivity index (χ1) is 17.4. The summed E-state index contributed by atoms with van der Waals surface area (Å²) in [6.45, 7) is 4.34. The summed E-state index contributed by atoms with van der Waals surface area (Å²) in [5.74, 6) is 1.34. The molecular weight excluding hydrogens is 450 g/mol. The first-order valence-electron chi connectivity index (χ1n) is 12.6. The van der Waals surface area contributed by atoms with Crippen molar-refractivity contribution in [2.45, 2.75) is 36.8 Å². The van der Waals surface area contributed by atoms with Crippen LogP contribution in [-0.2, 0) is 20.5 Å². The number of carbonyl (C=O) groups excluding carboxylic acids is 1. The molecule has 0 saturated carbocycles. The standard InChI is InChI=1S/C31H33NO4/c1-18(34-4)31-22-13-9-7-11-20(22)26(21-12-8-10-14-23(21)31)27-28(31)29(33)32(3)30(27,2)19-15-16-24(35-5)25(17-19)36-6/h7-18,26-28H,1-6H3/t18?,26?,27-,28+,30+,31?/m0/s1. The van der Waals surface area contributed by atoms with Crippen LogP contribution in [-0.4, -0.2) is 45.3 Å². The number of nitrogens with zero attached hydrogens (tertiary/aromatic N) is 1. The predicted octanol–water partition coefficient (Wildman–Crippen LogP) is 5.10. The third-order valence-electron chi connectivity index (χ3n) is 9.60. The summed E-state index contributed by atoms with van der Waals surface area (Å²) >= 11 is 0. The molecule has 1 saturated heterocycles. The van der Waals surface area contributed by atoms with Crippen molar-refractivity contribution >= 4 is 5.91 Å². The zero-order valence-electron chi connectivity index (χ0n) is 21.7. The topological polar surface area (TPSA) is 48.0 Å². The quantitative estimate of drug-likeness (QED) is 0.506. The maximum absolute atomic E-state index is 14.5. The number of amides is 1. The molecule has 0 N–H and O–H groups in total. The van der Waals surface area contributed by atoms with Gasteiger partial charge < -0.3 is 19.1 Å². The number of likely N-dealkylation sites (tertiary alicyclic amines) is 1. The van der Waals surface area contributed by atoms with E-state index in [0.29, 0.717) is 11.5 Å². The SMILES string of the molecule is COc1ccc([C@]2(C)[C@H]3C4c5ccccc5C(C(C)OC)(c5ccccc54)[C@H]3C(=O)N2C)cc1OC. The first kappa shape index (κ1) is 23.1. The molecule has 1 heterocycles. The normalized spacial score (nSPS) is 30.4. The van der Waals surface area contributed by atoms with E-state index in [1.54, 1.807) is 21.3 Å². The van der Waals surface area contributed by atoms with E-state index >= 15 is 0 Å². The molecule has 3 aromatic rings. The predicted molar refractivity (Wildman–Crippen MR) is 139 cm³/mol. The second-order valence-corrected chi connectivity index (χ2v) is 10.5. The van der Waals surface area contributed by atoms with Crippen LogP contribution in [0.2, 0.25) is 0 Å². The Morgan fingerprint density at radius 2 is 1.44 bits per heavy atom. The average molecular weight is 484 g/mol. The first-order valence-corrected chi connectivity index (χ1v) is 12.6. The van der Waals surface area contributed by atoms with Gasteiger partial charge in [-0.3, -0.25) is 4.79 Å². The number of rotatable bonds is 5. The molecule has 3 aromatic carbocycles. The Morgan fingerprint density at radius 3 is 2.00 bits per heavy atom. The number of benzene rings is 3. The van der Waals surface area contributed by atoms with Gasteiger partial charge in [0.2, 0.25) is 5.91 Å². The molecule has 7 rings (SSSR count). The molecule has 4 atom stereocenters. The van der Waals surface area contributed by atoms with Crippen LogP contribution >= 0.6 is 0 Å². The maximum Gasteiger partial charge on any atom is 0.227 e. The van der Waals surface area contributed by atoms with Crippen molar-refractivity contribution in [1.82, 2.24) is 4.90 Å². The summed E-state index contributed by atoms with van der Waals surface area (Å²) in [6, 6.07) is 23.4. The third kappa shape index (κ3) is 2.52. The van der Waals surface area contributed by atoms with E-state index in [9.17, 15) is 4.79 Å². The van der Waals surface area contributed by atoms with Crippen LogP contribution in [0, 0.1) is 11.8 Å². The molecule has 3 aliphatic carbocycles. The van der Waals surface area contributed by atoms with E-state index in [1.807, 2.05) is 24.1 Å². The lowest BCUT2D eigenvalue weighted by Gasteiger charge is -2.59. The van der Waals surface area contributed by atoms with E-state index in [1.165, 1.54) is 22.3 Å². The largest absolute Gasteiger partial charge is 0.493 e. The minimum Gasteiger partial charge on any atom is -0.493 e. The number of carbonyl (C=O) groups is 1. The number of hydrogen-bond acceptors (Lipinski definition) is 4. The number of ether oxygens (including phenoxy) is 3. The van der Waals surface area contributed by atoms with Gasteiger partial charge in [-0.25, -0.2) is 0 Å². The Morgan fingerprint density at radius 1 is 0.861 bits per heavy atom. The number of methoxy groups -OCH3 is 3. The summed E-state index contributed by atoms with van der Waals surface area (Å²) in [4.78, 5) is 16.4. The molecule has 5 heteroatoms. The van der Waals surface area contributed by atoms with Crippen LogP contribution in [0.5, 0.6) is 11.5 Å². The van der Waals surface area contributed by atoms with Crippen LogP contribution in [0.25, 0.3) is 0 Å². The van der Waals surface area contributed by atoms with Gasteiger partial charge in [-0.05, 0) is 53.8 Å². The Kier molecular flexibility index (Phi) is 5.03. The summed E-state index contributed by atoms with van der Waals surface area (Å²) < 4.78 is 17.4. The summed E-state index contributed by atoms with van der Waals surface area (Å²) in [5, 5.41) is 0. The van der Waals surface area contributed by atoms with Crippen molar-refractivity contribution in [2.75, 3.05) is 28.4 Å². The maximum atomic E-state index is 14.5. The molecule has 1 fully saturated rings.